The molecule has 0 radical (unpaired) electrons. The van der Waals surface area contributed by atoms with Gasteiger partial charge in [-0.3, -0.25) is 4.79 Å². The van der Waals surface area contributed by atoms with Crippen LogP contribution in [0.25, 0.3) is 6.08 Å². The third-order valence-corrected chi connectivity index (χ3v) is 3.45. The zero-order valence-electron chi connectivity index (χ0n) is 11.7. The Hall–Kier alpha value is -2.09. The second-order valence-corrected chi connectivity index (χ2v) is 5.11. The van der Waals surface area contributed by atoms with Crippen LogP contribution >= 0.6 is 0 Å². The summed E-state index contributed by atoms with van der Waals surface area (Å²) in [6, 6.07) is 3.74. The van der Waals surface area contributed by atoms with Crippen molar-refractivity contribution >= 4 is 11.9 Å². The van der Waals surface area contributed by atoms with Crippen LogP contribution in [0.5, 0.6) is 5.75 Å². The molecule has 1 aliphatic carbocycles. The maximum Gasteiger partial charge on any atom is 0.179 e. The summed E-state index contributed by atoms with van der Waals surface area (Å²) >= 11 is 0. The Morgan fingerprint density at radius 1 is 0.947 bits per heavy atom. The monoisotopic (exact) mass is 254 g/mol. The molecule has 1 N–H and O–H groups in total. The summed E-state index contributed by atoms with van der Waals surface area (Å²) < 4.78 is 0. The van der Waals surface area contributed by atoms with E-state index in [0.29, 0.717) is 5.75 Å². The molecule has 0 aliphatic heterocycles. The lowest BCUT2D eigenvalue weighted by molar-refractivity contribution is -0.110. The van der Waals surface area contributed by atoms with Gasteiger partial charge in [-0.15, -0.1) is 0 Å². The van der Waals surface area contributed by atoms with E-state index >= 15 is 0 Å². The number of phenols is 1. The molecule has 2 nitrogen and oxygen atoms in total. The van der Waals surface area contributed by atoms with Gasteiger partial charge in [0.15, 0.2) is 5.78 Å². The Labute approximate surface area is 113 Å². The van der Waals surface area contributed by atoms with Crippen molar-refractivity contribution in [1.82, 2.24) is 0 Å². The minimum Gasteiger partial charge on any atom is -0.508 e. The SMILES string of the molecule is CC1=CC(=O)C=C(C)C1=Cc1cc(C)c(O)cc1C. The predicted octanol–water partition coefficient (Wildman–Crippen LogP) is 3.87. The van der Waals surface area contributed by atoms with E-state index in [9.17, 15) is 9.90 Å². The Balaban J connectivity index is 2.53. The molecule has 0 amide bonds. The number of carbonyl (C=O) groups excluding carboxylic acids is 1. The van der Waals surface area contributed by atoms with Crippen LogP contribution < -0.4 is 0 Å². The van der Waals surface area contributed by atoms with Crippen LogP contribution in [0, 0.1) is 13.8 Å². The molecule has 0 fully saturated rings. The zero-order chi connectivity index (χ0) is 14.2. The molecule has 2 rings (SSSR count). The molecular weight excluding hydrogens is 236 g/mol. The maximum absolute atomic E-state index is 11.4. The highest BCUT2D eigenvalue weighted by molar-refractivity contribution is 6.03. The van der Waals surface area contributed by atoms with Crippen LogP contribution in [0.1, 0.15) is 30.5 Å². The first-order valence-corrected chi connectivity index (χ1v) is 6.31. The van der Waals surface area contributed by atoms with Gasteiger partial charge < -0.3 is 5.11 Å². The fourth-order valence-corrected chi connectivity index (χ4v) is 2.30. The molecule has 0 spiro atoms. The van der Waals surface area contributed by atoms with E-state index < -0.39 is 0 Å². The van der Waals surface area contributed by atoms with Crippen molar-refractivity contribution in [2.75, 3.05) is 0 Å². The smallest absolute Gasteiger partial charge is 0.179 e. The van der Waals surface area contributed by atoms with Gasteiger partial charge in [-0.25, -0.2) is 0 Å². The molecule has 98 valence electrons. The first-order chi connectivity index (χ1) is 8.88. The number of hydrogen-bond donors (Lipinski definition) is 1. The third-order valence-electron chi connectivity index (χ3n) is 3.45. The normalized spacial score (nSPS) is 15.2. The average Bonchev–Trinajstić information content (AvgIpc) is 2.29. The summed E-state index contributed by atoms with van der Waals surface area (Å²) in [5.41, 5.74) is 5.99. The molecule has 0 saturated heterocycles. The van der Waals surface area contributed by atoms with E-state index in [1.165, 1.54) is 0 Å². The molecule has 1 aromatic rings. The van der Waals surface area contributed by atoms with Gasteiger partial charge in [0.25, 0.3) is 0 Å². The van der Waals surface area contributed by atoms with E-state index in [1.807, 2.05) is 33.8 Å². The van der Waals surface area contributed by atoms with Crippen LogP contribution in [-0.2, 0) is 4.79 Å². The van der Waals surface area contributed by atoms with Crippen molar-refractivity contribution in [3.05, 3.63) is 57.7 Å². The largest absolute Gasteiger partial charge is 0.508 e. The van der Waals surface area contributed by atoms with E-state index in [-0.39, 0.29) is 5.78 Å². The van der Waals surface area contributed by atoms with Gasteiger partial charge in [-0.05, 0) is 91.5 Å². The predicted molar refractivity (Wildman–Crippen MR) is 78.1 cm³/mol. The molecular formula is C17H18O2. The van der Waals surface area contributed by atoms with Gasteiger partial charge >= 0.3 is 0 Å². The second kappa shape index (κ2) is 4.88. The Morgan fingerprint density at radius 2 is 1.53 bits per heavy atom. The zero-order valence-corrected chi connectivity index (χ0v) is 11.7. The van der Waals surface area contributed by atoms with Gasteiger partial charge in [0.1, 0.15) is 5.75 Å². The fourth-order valence-electron chi connectivity index (χ4n) is 2.30. The number of allylic oxidation sites excluding steroid dienone is 5. The highest BCUT2D eigenvalue weighted by Crippen LogP contribution is 2.29. The molecule has 0 bridgehead atoms. The molecule has 19 heavy (non-hydrogen) atoms. The number of phenolic OH excluding ortho intramolecular Hbond substituents is 1. The Bertz CT molecular complexity index is 619. The van der Waals surface area contributed by atoms with Gasteiger partial charge in [0, 0.05) is 0 Å². The van der Waals surface area contributed by atoms with Crippen LogP contribution in [0.2, 0.25) is 0 Å². The highest BCUT2D eigenvalue weighted by atomic mass is 16.3. The van der Waals surface area contributed by atoms with E-state index in [4.69, 9.17) is 0 Å². The minimum absolute atomic E-state index is 0.0470. The van der Waals surface area contributed by atoms with Crippen molar-refractivity contribution in [1.29, 1.82) is 0 Å². The molecule has 0 heterocycles. The molecule has 0 unspecified atom stereocenters. The first kappa shape index (κ1) is 13.3. The number of rotatable bonds is 1. The summed E-state index contributed by atoms with van der Waals surface area (Å²) in [4.78, 5) is 11.4. The average molecular weight is 254 g/mol. The van der Waals surface area contributed by atoms with Crippen molar-refractivity contribution < 1.29 is 9.90 Å². The van der Waals surface area contributed by atoms with Gasteiger partial charge in [-0.1, -0.05) is 0 Å². The van der Waals surface area contributed by atoms with Crippen molar-refractivity contribution in [3.8, 4) is 5.75 Å². The summed E-state index contributed by atoms with van der Waals surface area (Å²) in [5.74, 6) is 0.365. The minimum atomic E-state index is 0.0470. The topological polar surface area (TPSA) is 37.3 Å². The molecule has 2 heteroatoms. The molecule has 0 atom stereocenters. The molecule has 1 aromatic carbocycles. The van der Waals surface area contributed by atoms with E-state index in [0.717, 1.165) is 33.4 Å². The number of aromatic hydroxyl groups is 1. The number of carbonyl (C=O) groups is 1. The standard InChI is InChI=1S/C17H18O2/c1-10-8-17(19)13(4)5-14(10)9-16-11(2)6-15(18)7-12(16)3/h5-9,19H,1-4H3. The lowest BCUT2D eigenvalue weighted by atomic mass is 9.90. The molecule has 0 aromatic heterocycles. The Kier molecular flexibility index (Phi) is 3.43. The summed E-state index contributed by atoms with van der Waals surface area (Å²) in [7, 11) is 0. The van der Waals surface area contributed by atoms with Crippen molar-refractivity contribution in [2.24, 2.45) is 0 Å². The number of aryl methyl sites for hydroxylation is 2. The maximum atomic E-state index is 11.4. The molecule has 0 saturated carbocycles. The van der Waals surface area contributed by atoms with E-state index in [1.54, 1.807) is 18.2 Å². The van der Waals surface area contributed by atoms with Crippen LogP contribution in [0.15, 0.2) is 41.0 Å². The fraction of sp³-hybridized carbons (Fsp3) is 0.235. The number of ketones is 1. The third kappa shape index (κ3) is 2.68. The summed E-state index contributed by atoms with van der Waals surface area (Å²) in [5, 5.41) is 9.68. The van der Waals surface area contributed by atoms with Crippen LogP contribution in [0.3, 0.4) is 0 Å². The number of benzene rings is 1. The van der Waals surface area contributed by atoms with Crippen LogP contribution in [0.4, 0.5) is 0 Å². The lowest BCUT2D eigenvalue weighted by Crippen LogP contribution is -2.02. The van der Waals surface area contributed by atoms with Crippen molar-refractivity contribution in [2.45, 2.75) is 27.7 Å². The van der Waals surface area contributed by atoms with Gasteiger partial charge in [0.05, 0.1) is 0 Å². The highest BCUT2D eigenvalue weighted by Gasteiger charge is 2.12. The second-order valence-electron chi connectivity index (χ2n) is 5.11. The first-order valence-electron chi connectivity index (χ1n) is 6.31. The quantitative estimate of drug-likeness (QED) is 0.826. The lowest BCUT2D eigenvalue weighted by Gasteiger charge is -2.14. The molecule has 1 aliphatic rings. The summed E-state index contributed by atoms with van der Waals surface area (Å²) in [6.07, 6.45) is 5.38. The Morgan fingerprint density at radius 3 is 2.11 bits per heavy atom. The van der Waals surface area contributed by atoms with E-state index in [2.05, 4.69) is 6.08 Å². The summed E-state index contributed by atoms with van der Waals surface area (Å²) in [6.45, 7) is 7.75. The van der Waals surface area contributed by atoms with Crippen LogP contribution in [-0.4, -0.2) is 10.9 Å². The van der Waals surface area contributed by atoms with Crippen molar-refractivity contribution in [3.63, 3.8) is 0 Å². The number of hydrogen-bond acceptors (Lipinski definition) is 2. The van der Waals surface area contributed by atoms with Gasteiger partial charge in [0.2, 0.25) is 0 Å². The van der Waals surface area contributed by atoms with Gasteiger partial charge in [-0.2, -0.15) is 0 Å².